The summed E-state index contributed by atoms with van der Waals surface area (Å²) in [6.45, 7) is 2.65. The number of aromatic nitrogens is 2. The minimum absolute atomic E-state index is 0.133. The van der Waals surface area contributed by atoms with Crippen LogP contribution in [0.5, 0.6) is 0 Å². The quantitative estimate of drug-likeness (QED) is 0.800. The summed E-state index contributed by atoms with van der Waals surface area (Å²) in [6.07, 6.45) is 6.77. The Hall–Kier alpha value is -3.15. The Kier molecular flexibility index (Phi) is 3.72. The van der Waals surface area contributed by atoms with Gasteiger partial charge >= 0.3 is 0 Å². The molecule has 2 amide bonds. The third kappa shape index (κ3) is 2.65. The van der Waals surface area contributed by atoms with Crippen LogP contribution >= 0.6 is 0 Å². The zero-order chi connectivity index (χ0) is 17.4. The largest absolute Gasteiger partial charge is 0.322 e. The van der Waals surface area contributed by atoms with Gasteiger partial charge < -0.3 is 14.6 Å². The van der Waals surface area contributed by atoms with E-state index < -0.39 is 0 Å². The molecular formula is C19H18N4O2. The molecule has 0 saturated carbocycles. The number of nitrogens with one attached hydrogen (secondary N) is 1. The van der Waals surface area contributed by atoms with Gasteiger partial charge in [0, 0.05) is 42.9 Å². The van der Waals surface area contributed by atoms with Crippen LogP contribution in [-0.2, 0) is 4.79 Å². The van der Waals surface area contributed by atoms with Gasteiger partial charge in [-0.15, -0.1) is 0 Å². The van der Waals surface area contributed by atoms with E-state index in [1.807, 2.05) is 37.4 Å². The average molecular weight is 334 g/mol. The number of fused-ring (bicyclic) bond motifs is 1. The van der Waals surface area contributed by atoms with Crippen molar-refractivity contribution in [3.63, 3.8) is 0 Å². The summed E-state index contributed by atoms with van der Waals surface area (Å²) >= 11 is 0. The number of benzene rings is 1. The smallest absolute Gasteiger partial charge is 0.259 e. The molecule has 0 radical (unpaired) electrons. The molecule has 1 aromatic carbocycles. The molecule has 126 valence electrons. The van der Waals surface area contributed by atoms with Crippen molar-refractivity contribution >= 4 is 28.8 Å². The molecule has 0 atom stereocenters. The molecule has 1 aliphatic heterocycles. The Morgan fingerprint density at radius 3 is 2.88 bits per heavy atom. The van der Waals surface area contributed by atoms with E-state index in [1.54, 1.807) is 27.8 Å². The summed E-state index contributed by atoms with van der Waals surface area (Å²) in [5, 5.41) is 2.96. The van der Waals surface area contributed by atoms with Crippen molar-refractivity contribution in [2.24, 2.45) is 0 Å². The van der Waals surface area contributed by atoms with E-state index in [2.05, 4.69) is 10.3 Å². The maximum absolute atomic E-state index is 12.7. The van der Waals surface area contributed by atoms with Gasteiger partial charge in [0.15, 0.2) is 0 Å². The highest BCUT2D eigenvalue weighted by Crippen LogP contribution is 2.30. The molecule has 3 aromatic rings. The standard InChI is InChI=1S/C19H18N4O2/c1-13-15(6-2-7-16(13)23-11-4-8-17(23)24)21-19(25)14-5-3-10-22-12-9-20-18(14)22/h2-3,5-7,9-10,12H,4,8,11H2,1H3,(H,21,25). The number of hydrogen-bond donors (Lipinski definition) is 1. The lowest BCUT2D eigenvalue weighted by molar-refractivity contribution is -0.117. The number of carbonyl (C=O) groups is 2. The lowest BCUT2D eigenvalue weighted by Gasteiger charge is -2.20. The second kappa shape index (κ2) is 6.05. The van der Waals surface area contributed by atoms with E-state index >= 15 is 0 Å². The zero-order valence-corrected chi connectivity index (χ0v) is 13.9. The zero-order valence-electron chi connectivity index (χ0n) is 13.9. The predicted molar refractivity (Wildman–Crippen MR) is 95.9 cm³/mol. The van der Waals surface area contributed by atoms with Crippen molar-refractivity contribution in [3.8, 4) is 0 Å². The molecule has 1 aliphatic rings. The molecule has 1 saturated heterocycles. The first-order valence-corrected chi connectivity index (χ1v) is 8.28. The number of anilines is 2. The summed E-state index contributed by atoms with van der Waals surface area (Å²) in [5.41, 5.74) is 3.58. The number of imidazole rings is 1. The third-order valence-corrected chi connectivity index (χ3v) is 4.58. The average Bonchev–Trinajstić information content (AvgIpc) is 3.25. The predicted octanol–water partition coefficient (Wildman–Crippen LogP) is 3.02. The lowest BCUT2D eigenvalue weighted by Crippen LogP contribution is -2.25. The molecular weight excluding hydrogens is 316 g/mol. The molecule has 0 aliphatic carbocycles. The summed E-state index contributed by atoms with van der Waals surface area (Å²) in [5.74, 6) is -0.0847. The molecule has 1 N–H and O–H groups in total. The highest BCUT2D eigenvalue weighted by Gasteiger charge is 2.24. The second-order valence-electron chi connectivity index (χ2n) is 6.13. The van der Waals surface area contributed by atoms with Gasteiger partial charge in [0.25, 0.3) is 5.91 Å². The first-order chi connectivity index (χ1) is 12.1. The molecule has 2 aromatic heterocycles. The van der Waals surface area contributed by atoms with Crippen molar-refractivity contribution in [1.29, 1.82) is 0 Å². The second-order valence-corrected chi connectivity index (χ2v) is 6.13. The van der Waals surface area contributed by atoms with Crippen LogP contribution in [0, 0.1) is 6.92 Å². The Bertz CT molecular complexity index is 976. The minimum atomic E-state index is -0.218. The molecule has 4 rings (SSSR count). The van der Waals surface area contributed by atoms with E-state index in [0.717, 1.165) is 24.2 Å². The van der Waals surface area contributed by atoms with Crippen molar-refractivity contribution in [1.82, 2.24) is 9.38 Å². The van der Waals surface area contributed by atoms with Crippen LogP contribution in [0.2, 0.25) is 0 Å². The van der Waals surface area contributed by atoms with Crippen molar-refractivity contribution in [3.05, 3.63) is 60.0 Å². The van der Waals surface area contributed by atoms with E-state index in [1.165, 1.54) is 0 Å². The molecule has 6 nitrogen and oxygen atoms in total. The fourth-order valence-electron chi connectivity index (χ4n) is 3.27. The number of nitrogens with zero attached hydrogens (tertiary/aromatic N) is 3. The molecule has 3 heterocycles. The number of pyridine rings is 1. The number of amides is 2. The number of rotatable bonds is 3. The minimum Gasteiger partial charge on any atom is -0.322 e. The van der Waals surface area contributed by atoms with E-state index in [0.29, 0.717) is 23.3 Å². The van der Waals surface area contributed by atoms with Gasteiger partial charge in [0.05, 0.1) is 5.56 Å². The SMILES string of the molecule is Cc1c(NC(=O)c2cccn3ccnc23)cccc1N1CCCC1=O. The molecule has 25 heavy (non-hydrogen) atoms. The third-order valence-electron chi connectivity index (χ3n) is 4.58. The molecule has 0 spiro atoms. The van der Waals surface area contributed by atoms with E-state index in [-0.39, 0.29) is 11.8 Å². The molecule has 0 bridgehead atoms. The van der Waals surface area contributed by atoms with Gasteiger partial charge in [0.2, 0.25) is 5.91 Å². The van der Waals surface area contributed by atoms with Crippen molar-refractivity contribution < 1.29 is 9.59 Å². The van der Waals surface area contributed by atoms with Crippen LogP contribution in [0.1, 0.15) is 28.8 Å². The Balaban J connectivity index is 1.66. The highest BCUT2D eigenvalue weighted by molar-refractivity contribution is 6.09. The van der Waals surface area contributed by atoms with E-state index in [4.69, 9.17) is 0 Å². The first-order valence-electron chi connectivity index (χ1n) is 8.28. The van der Waals surface area contributed by atoms with Gasteiger partial charge in [-0.05, 0) is 43.2 Å². The highest BCUT2D eigenvalue weighted by atomic mass is 16.2. The lowest BCUT2D eigenvalue weighted by atomic mass is 10.1. The van der Waals surface area contributed by atoms with Crippen LogP contribution in [0.15, 0.2) is 48.9 Å². The molecule has 6 heteroatoms. The fourth-order valence-corrected chi connectivity index (χ4v) is 3.27. The molecule has 0 unspecified atom stereocenters. The number of carbonyl (C=O) groups excluding carboxylic acids is 2. The van der Waals surface area contributed by atoms with Gasteiger partial charge in [-0.3, -0.25) is 9.59 Å². The Morgan fingerprint density at radius 1 is 1.20 bits per heavy atom. The maximum Gasteiger partial charge on any atom is 0.259 e. The summed E-state index contributed by atoms with van der Waals surface area (Å²) in [7, 11) is 0. The monoisotopic (exact) mass is 334 g/mol. The topological polar surface area (TPSA) is 66.7 Å². The fraction of sp³-hybridized carbons (Fsp3) is 0.211. The van der Waals surface area contributed by atoms with E-state index in [9.17, 15) is 9.59 Å². The Morgan fingerprint density at radius 2 is 2.08 bits per heavy atom. The van der Waals surface area contributed by atoms with Crippen molar-refractivity contribution in [2.45, 2.75) is 19.8 Å². The summed E-state index contributed by atoms with van der Waals surface area (Å²) in [6, 6.07) is 9.20. The maximum atomic E-state index is 12.7. The van der Waals surface area contributed by atoms with Gasteiger partial charge in [-0.25, -0.2) is 4.98 Å². The van der Waals surface area contributed by atoms with Gasteiger partial charge in [-0.1, -0.05) is 6.07 Å². The first kappa shape index (κ1) is 15.4. The number of hydrogen-bond acceptors (Lipinski definition) is 3. The van der Waals surface area contributed by atoms with Crippen LogP contribution < -0.4 is 10.2 Å². The van der Waals surface area contributed by atoms with Crippen LogP contribution in [0.4, 0.5) is 11.4 Å². The van der Waals surface area contributed by atoms with Crippen LogP contribution in [0.25, 0.3) is 5.65 Å². The van der Waals surface area contributed by atoms with Crippen LogP contribution in [0.3, 0.4) is 0 Å². The van der Waals surface area contributed by atoms with Gasteiger partial charge in [-0.2, -0.15) is 0 Å². The summed E-state index contributed by atoms with van der Waals surface area (Å²) in [4.78, 5) is 30.8. The Labute approximate surface area is 145 Å². The normalized spacial score (nSPS) is 14.3. The summed E-state index contributed by atoms with van der Waals surface area (Å²) < 4.78 is 1.81. The van der Waals surface area contributed by atoms with Crippen molar-refractivity contribution in [2.75, 3.05) is 16.8 Å². The van der Waals surface area contributed by atoms with Gasteiger partial charge in [0.1, 0.15) is 5.65 Å². The molecule has 1 fully saturated rings. The van der Waals surface area contributed by atoms with Crippen LogP contribution in [-0.4, -0.2) is 27.7 Å².